The highest BCUT2D eigenvalue weighted by atomic mass is 35.5. The van der Waals surface area contributed by atoms with Crippen LogP contribution >= 0.6 is 23.2 Å². The Morgan fingerprint density at radius 1 is 1.31 bits per heavy atom. The lowest BCUT2D eigenvalue weighted by Crippen LogP contribution is -2.27. The van der Waals surface area contributed by atoms with Crippen LogP contribution in [0.3, 0.4) is 0 Å². The molecule has 0 spiro atoms. The van der Waals surface area contributed by atoms with Gasteiger partial charge in [-0.1, -0.05) is 29.3 Å². The van der Waals surface area contributed by atoms with Crippen LogP contribution in [0.25, 0.3) is 0 Å². The van der Waals surface area contributed by atoms with Crippen molar-refractivity contribution in [2.75, 3.05) is 13.6 Å². The first kappa shape index (κ1) is 10.9. The summed E-state index contributed by atoms with van der Waals surface area (Å²) < 4.78 is 0. The molecule has 1 aromatic carbocycles. The molecule has 86 valence electrons. The SMILES string of the molecule is CC1[C@@H]2C[C@@]2(c2ccc(Cl)c(Cl)c2)CN1C. The van der Waals surface area contributed by atoms with Gasteiger partial charge in [-0.3, -0.25) is 0 Å². The Balaban J connectivity index is 1.97. The minimum absolute atomic E-state index is 0.363. The maximum absolute atomic E-state index is 6.10. The van der Waals surface area contributed by atoms with Gasteiger partial charge in [0.05, 0.1) is 10.0 Å². The van der Waals surface area contributed by atoms with E-state index in [4.69, 9.17) is 23.2 Å². The standard InChI is InChI=1S/C13H15Cl2N/c1-8-10-6-13(10,7-16(8)2)9-3-4-11(14)12(15)5-9/h3-5,8,10H,6-7H2,1-2H3/t8?,10-,13-/m0/s1. The third kappa shape index (κ3) is 1.35. The molecule has 1 heterocycles. The quantitative estimate of drug-likeness (QED) is 0.742. The molecule has 1 saturated heterocycles. The fraction of sp³-hybridized carbons (Fsp3) is 0.538. The van der Waals surface area contributed by atoms with Crippen LogP contribution in [0.5, 0.6) is 0 Å². The number of piperidine rings is 1. The van der Waals surface area contributed by atoms with Crippen molar-refractivity contribution in [3.05, 3.63) is 33.8 Å². The van der Waals surface area contributed by atoms with Crippen LogP contribution < -0.4 is 0 Å². The van der Waals surface area contributed by atoms with Crippen LogP contribution in [0.4, 0.5) is 0 Å². The van der Waals surface area contributed by atoms with E-state index in [1.807, 2.05) is 6.07 Å². The second-order valence-electron chi connectivity index (χ2n) is 5.25. The van der Waals surface area contributed by atoms with Crippen LogP contribution in [0, 0.1) is 5.92 Å². The van der Waals surface area contributed by atoms with Crippen LogP contribution in [-0.4, -0.2) is 24.5 Å². The Morgan fingerprint density at radius 2 is 2.06 bits per heavy atom. The van der Waals surface area contributed by atoms with E-state index in [-0.39, 0.29) is 0 Å². The van der Waals surface area contributed by atoms with Crippen molar-refractivity contribution in [2.24, 2.45) is 5.92 Å². The van der Waals surface area contributed by atoms with Gasteiger partial charge in [-0.15, -0.1) is 0 Å². The molecule has 1 aliphatic carbocycles. The average Bonchev–Trinajstić information content (AvgIpc) is 2.90. The number of likely N-dealkylation sites (N-methyl/N-ethyl adjacent to an activating group) is 1. The van der Waals surface area contributed by atoms with Crippen molar-refractivity contribution < 1.29 is 0 Å². The molecule has 0 radical (unpaired) electrons. The molecule has 0 aromatic heterocycles. The lowest BCUT2D eigenvalue weighted by atomic mass is 9.94. The molecular weight excluding hydrogens is 241 g/mol. The zero-order valence-electron chi connectivity index (χ0n) is 9.50. The number of likely N-dealkylation sites (tertiary alicyclic amines) is 1. The summed E-state index contributed by atoms with van der Waals surface area (Å²) in [7, 11) is 2.20. The minimum atomic E-state index is 0.363. The Morgan fingerprint density at radius 3 is 2.62 bits per heavy atom. The van der Waals surface area contributed by atoms with Crippen molar-refractivity contribution in [3.8, 4) is 0 Å². The van der Waals surface area contributed by atoms with Crippen molar-refractivity contribution in [1.82, 2.24) is 4.90 Å². The first-order valence-electron chi connectivity index (χ1n) is 5.70. The lowest BCUT2D eigenvalue weighted by molar-refractivity contribution is 0.284. The first-order valence-corrected chi connectivity index (χ1v) is 6.46. The second-order valence-corrected chi connectivity index (χ2v) is 6.07. The van der Waals surface area contributed by atoms with Gasteiger partial charge in [0.15, 0.2) is 0 Å². The summed E-state index contributed by atoms with van der Waals surface area (Å²) in [6, 6.07) is 6.80. The molecule has 0 N–H and O–H groups in total. The van der Waals surface area contributed by atoms with Gasteiger partial charge in [0.1, 0.15) is 0 Å². The maximum atomic E-state index is 6.10. The topological polar surface area (TPSA) is 3.24 Å². The third-order valence-corrected chi connectivity index (χ3v) is 5.18. The van der Waals surface area contributed by atoms with Crippen LogP contribution in [0.15, 0.2) is 18.2 Å². The Bertz CT molecular complexity index is 446. The summed E-state index contributed by atoms with van der Waals surface area (Å²) in [6.45, 7) is 3.47. The molecule has 2 fully saturated rings. The predicted octanol–water partition coefficient (Wildman–Crippen LogP) is 3.59. The number of benzene rings is 1. The molecule has 1 aliphatic heterocycles. The Hall–Kier alpha value is -0.240. The van der Waals surface area contributed by atoms with E-state index >= 15 is 0 Å². The van der Waals surface area contributed by atoms with Crippen molar-refractivity contribution in [3.63, 3.8) is 0 Å². The third-order valence-electron chi connectivity index (χ3n) is 4.44. The zero-order chi connectivity index (χ0) is 11.5. The molecule has 3 rings (SSSR count). The highest BCUT2D eigenvalue weighted by Crippen LogP contribution is 2.61. The highest BCUT2D eigenvalue weighted by molar-refractivity contribution is 6.42. The highest BCUT2D eigenvalue weighted by Gasteiger charge is 2.63. The molecule has 2 aliphatic rings. The van der Waals surface area contributed by atoms with E-state index in [0.717, 1.165) is 12.5 Å². The van der Waals surface area contributed by atoms with E-state index < -0.39 is 0 Å². The first-order chi connectivity index (χ1) is 7.54. The van der Waals surface area contributed by atoms with Crippen molar-refractivity contribution in [2.45, 2.75) is 24.8 Å². The molecule has 0 bridgehead atoms. The van der Waals surface area contributed by atoms with Gasteiger partial charge in [-0.2, -0.15) is 0 Å². The van der Waals surface area contributed by atoms with Crippen LogP contribution in [-0.2, 0) is 5.41 Å². The number of hydrogen-bond acceptors (Lipinski definition) is 1. The molecule has 3 heteroatoms. The van der Waals surface area contributed by atoms with E-state index in [9.17, 15) is 0 Å². The molecule has 0 amide bonds. The monoisotopic (exact) mass is 255 g/mol. The number of hydrogen-bond donors (Lipinski definition) is 0. The summed E-state index contributed by atoms with van der Waals surface area (Å²) in [4.78, 5) is 2.44. The number of fused-ring (bicyclic) bond motifs is 1. The number of rotatable bonds is 1. The molecule has 1 unspecified atom stereocenters. The van der Waals surface area contributed by atoms with Crippen LogP contribution in [0.2, 0.25) is 10.0 Å². The second kappa shape index (κ2) is 3.38. The van der Waals surface area contributed by atoms with Gasteiger partial charge in [0, 0.05) is 18.0 Å². The van der Waals surface area contributed by atoms with E-state index in [1.54, 1.807) is 0 Å². The molecule has 1 aromatic rings. The summed E-state index contributed by atoms with van der Waals surface area (Å²) >= 11 is 12.1. The van der Waals surface area contributed by atoms with Gasteiger partial charge in [-0.05, 0) is 44.0 Å². The van der Waals surface area contributed by atoms with E-state index in [2.05, 4.69) is 31.0 Å². The summed E-state index contributed by atoms with van der Waals surface area (Å²) in [5.74, 6) is 0.801. The fourth-order valence-electron chi connectivity index (χ4n) is 3.27. The Kier molecular flexibility index (Phi) is 2.30. The summed E-state index contributed by atoms with van der Waals surface area (Å²) in [5.41, 5.74) is 1.73. The van der Waals surface area contributed by atoms with Gasteiger partial charge < -0.3 is 4.90 Å². The van der Waals surface area contributed by atoms with E-state index in [0.29, 0.717) is 21.5 Å². The minimum Gasteiger partial charge on any atom is -0.302 e. The predicted molar refractivity (Wildman–Crippen MR) is 68.3 cm³/mol. The van der Waals surface area contributed by atoms with Crippen molar-refractivity contribution in [1.29, 1.82) is 0 Å². The van der Waals surface area contributed by atoms with Crippen LogP contribution in [0.1, 0.15) is 18.9 Å². The lowest BCUT2D eigenvalue weighted by Gasteiger charge is -2.20. The smallest absolute Gasteiger partial charge is 0.0595 e. The maximum Gasteiger partial charge on any atom is 0.0595 e. The largest absolute Gasteiger partial charge is 0.302 e. The molecule has 16 heavy (non-hydrogen) atoms. The molecule has 1 nitrogen and oxygen atoms in total. The number of halogens is 2. The number of nitrogens with zero attached hydrogens (tertiary/aromatic N) is 1. The van der Waals surface area contributed by atoms with Gasteiger partial charge in [0.25, 0.3) is 0 Å². The van der Waals surface area contributed by atoms with E-state index in [1.165, 1.54) is 12.0 Å². The van der Waals surface area contributed by atoms with Gasteiger partial charge in [0.2, 0.25) is 0 Å². The zero-order valence-corrected chi connectivity index (χ0v) is 11.0. The van der Waals surface area contributed by atoms with Gasteiger partial charge >= 0.3 is 0 Å². The molecule has 1 saturated carbocycles. The summed E-state index contributed by atoms with van der Waals surface area (Å²) in [5, 5.41) is 1.33. The summed E-state index contributed by atoms with van der Waals surface area (Å²) in [6.07, 6.45) is 1.30. The van der Waals surface area contributed by atoms with Crippen molar-refractivity contribution >= 4 is 23.2 Å². The molecule has 3 atom stereocenters. The average molecular weight is 256 g/mol. The fourth-order valence-corrected chi connectivity index (χ4v) is 3.57. The normalized spacial score (nSPS) is 37.5. The Labute approximate surface area is 106 Å². The van der Waals surface area contributed by atoms with Gasteiger partial charge in [-0.25, -0.2) is 0 Å². The molecular formula is C13H15Cl2N.